The molecule has 0 unspecified atom stereocenters. The number of carbonyl (C=O) groups excluding carboxylic acids is 1. The Balaban J connectivity index is 1.44. The Morgan fingerprint density at radius 2 is 1.88 bits per heavy atom. The average molecular weight is 339 g/mol. The number of anilines is 2. The van der Waals surface area contributed by atoms with Gasteiger partial charge in [0.15, 0.2) is 0 Å². The number of rotatable bonds is 7. The monoisotopic (exact) mass is 339 g/mol. The second-order valence-electron chi connectivity index (χ2n) is 6.19. The fraction of sp³-hybridized carbons (Fsp3) is 0.421. The Morgan fingerprint density at radius 1 is 1.12 bits per heavy atom. The normalized spacial score (nSPS) is 13.7. The Hall–Kier alpha value is -2.63. The van der Waals surface area contributed by atoms with Crippen molar-refractivity contribution in [3.63, 3.8) is 0 Å². The first kappa shape index (κ1) is 17.2. The Bertz CT molecular complexity index is 695. The summed E-state index contributed by atoms with van der Waals surface area (Å²) in [7, 11) is 0. The molecule has 1 aromatic heterocycles. The van der Waals surface area contributed by atoms with Crippen molar-refractivity contribution >= 4 is 17.5 Å². The van der Waals surface area contributed by atoms with Gasteiger partial charge in [0.2, 0.25) is 0 Å². The van der Waals surface area contributed by atoms with E-state index in [1.54, 1.807) is 6.33 Å². The summed E-state index contributed by atoms with van der Waals surface area (Å²) in [6.07, 6.45) is 5.00. The molecule has 2 N–H and O–H groups in total. The molecule has 1 amide bonds. The number of amides is 1. The third-order valence-corrected chi connectivity index (χ3v) is 4.42. The molecule has 0 spiro atoms. The van der Waals surface area contributed by atoms with Crippen LogP contribution in [0.25, 0.3) is 0 Å². The largest absolute Gasteiger partial charge is 0.368 e. The third-order valence-electron chi connectivity index (χ3n) is 4.42. The van der Waals surface area contributed by atoms with Gasteiger partial charge in [0.1, 0.15) is 18.0 Å². The van der Waals surface area contributed by atoms with Gasteiger partial charge in [-0.15, -0.1) is 0 Å². The lowest BCUT2D eigenvalue weighted by Gasteiger charge is -2.16. The third kappa shape index (κ3) is 4.68. The molecule has 0 atom stereocenters. The van der Waals surface area contributed by atoms with E-state index in [9.17, 15) is 4.79 Å². The van der Waals surface area contributed by atoms with E-state index >= 15 is 0 Å². The molecule has 1 aliphatic heterocycles. The van der Waals surface area contributed by atoms with Crippen LogP contribution < -0.4 is 15.5 Å². The smallest absolute Gasteiger partial charge is 0.251 e. The molecule has 6 nitrogen and oxygen atoms in total. The fourth-order valence-electron chi connectivity index (χ4n) is 2.92. The molecule has 25 heavy (non-hydrogen) atoms. The minimum atomic E-state index is -0.0510. The van der Waals surface area contributed by atoms with E-state index in [-0.39, 0.29) is 5.91 Å². The number of hydrogen-bond acceptors (Lipinski definition) is 5. The van der Waals surface area contributed by atoms with E-state index in [0.717, 1.165) is 31.1 Å². The zero-order valence-electron chi connectivity index (χ0n) is 14.7. The summed E-state index contributed by atoms with van der Waals surface area (Å²) in [5.74, 6) is 1.71. The second kappa shape index (κ2) is 8.46. The predicted octanol–water partition coefficient (Wildman–Crippen LogP) is 2.48. The highest BCUT2D eigenvalue weighted by Gasteiger charge is 2.13. The van der Waals surface area contributed by atoms with Crippen LogP contribution in [0.3, 0.4) is 0 Å². The Morgan fingerprint density at radius 3 is 2.60 bits per heavy atom. The number of nitrogens with zero attached hydrogens (tertiary/aromatic N) is 3. The van der Waals surface area contributed by atoms with Crippen molar-refractivity contribution in [2.75, 3.05) is 36.4 Å². The van der Waals surface area contributed by atoms with Gasteiger partial charge in [-0.3, -0.25) is 4.79 Å². The highest BCUT2D eigenvalue weighted by Crippen LogP contribution is 2.18. The van der Waals surface area contributed by atoms with Crippen LogP contribution in [-0.4, -0.2) is 42.1 Å². The molecule has 6 heteroatoms. The van der Waals surface area contributed by atoms with Crippen LogP contribution in [0, 0.1) is 0 Å². The summed E-state index contributed by atoms with van der Waals surface area (Å²) in [4.78, 5) is 23.0. The van der Waals surface area contributed by atoms with Crippen molar-refractivity contribution in [2.45, 2.75) is 26.2 Å². The number of aromatic nitrogens is 2. The van der Waals surface area contributed by atoms with Gasteiger partial charge in [0, 0.05) is 37.8 Å². The zero-order chi connectivity index (χ0) is 17.5. The molecule has 1 fully saturated rings. The Labute approximate surface area is 148 Å². The van der Waals surface area contributed by atoms with Gasteiger partial charge in [0.05, 0.1) is 0 Å². The number of carbonyl (C=O) groups is 1. The van der Waals surface area contributed by atoms with Crippen LogP contribution in [0.5, 0.6) is 0 Å². The van der Waals surface area contributed by atoms with Crippen molar-refractivity contribution in [3.8, 4) is 0 Å². The van der Waals surface area contributed by atoms with Gasteiger partial charge in [-0.25, -0.2) is 9.97 Å². The maximum absolute atomic E-state index is 12.1. The first-order valence-electron chi connectivity index (χ1n) is 8.94. The minimum absolute atomic E-state index is 0.0510. The van der Waals surface area contributed by atoms with E-state index in [0.29, 0.717) is 18.7 Å². The topological polar surface area (TPSA) is 70.2 Å². The second-order valence-corrected chi connectivity index (χ2v) is 6.19. The molecule has 3 rings (SSSR count). The molecular weight excluding hydrogens is 314 g/mol. The highest BCUT2D eigenvalue weighted by atomic mass is 16.1. The summed E-state index contributed by atoms with van der Waals surface area (Å²) in [6, 6.07) is 9.70. The van der Waals surface area contributed by atoms with E-state index in [2.05, 4.69) is 32.4 Å². The molecule has 1 saturated heterocycles. The van der Waals surface area contributed by atoms with E-state index in [1.807, 2.05) is 30.3 Å². The van der Waals surface area contributed by atoms with Crippen molar-refractivity contribution in [3.05, 3.63) is 47.8 Å². The zero-order valence-corrected chi connectivity index (χ0v) is 14.7. The molecule has 0 radical (unpaired) electrons. The van der Waals surface area contributed by atoms with E-state index < -0.39 is 0 Å². The van der Waals surface area contributed by atoms with Crippen LogP contribution in [0.4, 0.5) is 11.6 Å². The standard InChI is InChI=1S/C19H25N5O/c1-2-15-5-7-16(8-6-15)19(25)21-10-9-20-17-13-18(23-14-22-17)24-11-3-4-12-24/h5-8,13-14H,2-4,9-12H2,1H3,(H,21,25)(H,20,22,23). The lowest BCUT2D eigenvalue weighted by molar-refractivity contribution is 0.0955. The first-order chi connectivity index (χ1) is 12.3. The minimum Gasteiger partial charge on any atom is -0.368 e. The van der Waals surface area contributed by atoms with Crippen LogP contribution >= 0.6 is 0 Å². The van der Waals surface area contributed by atoms with Gasteiger partial charge < -0.3 is 15.5 Å². The number of nitrogens with one attached hydrogen (secondary N) is 2. The average Bonchev–Trinajstić information content (AvgIpc) is 3.20. The fourth-order valence-corrected chi connectivity index (χ4v) is 2.92. The summed E-state index contributed by atoms with van der Waals surface area (Å²) in [5, 5.41) is 6.16. The first-order valence-corrected chi connectivity index (χ1v) is 8.94. The van der Waals surface area contributed by atoms with Crippen molar-refractivity contribution in [1.82, 2.24) is 15.3 Å². The van der Waals surface area contributed by atoms with Crippen LogP contribution in [0.1, 0.15) is 35.7 Å². The van der Waals surface area contributed by atoms with Gasteiger partial charge in [-0.05, 0) is 37.0 Å². The van der Waals surface area contributed by atoms with Crippen molar-refractivity contribution in [2.24, 2.45) is 0 Å². The summed E-state index contributed by atoms with van der Waals surface area (Å²) >= 11 is 0. The van der Waals surface area contributed by atoms with Gasteiger partial charge in [-0.2, -0.15) is 0 Å². The quantitative estimate of drug-likeness (QED) is 0.759. The SMILES string of the molecule is CCc1ccc(C(=O)NCCNc2cc(N3CCCC3)ncn2)cc1. The molecule has 1 aromatic carbocycles. The molecule has 0 saturated carbocycles. The highest BCUT2D eigenvalue weighted by molar-refractivity contribution is 5.94. The number of hydrogen-bond donors (Lipinski definition) is 2. The molecular formula is C19H25N5O. The predicted molar refractivity (Wildman–Crippen MR) is 100 cm³/mol. The van der Waals surface area contributed by atoms with Crippen LogP contribution in [0.2, 0.25) is 0 Å². The van der Waals surface area contributed by atoms with Crippen LogP contribution in [-0.2, 0) is 6.42 Å². The molecule has 132 valence electrons. The van der Waals surface area contributed by atoms with Crippen molar-refractivity contribution < 1.29 is 4.79 Å². The maximum atomic E-state index is 12.1. The van der Waals surface area contributed by atoms with Gasteiger partial charge in [0.25, 0.3) is 5.91 Å². The lowest BCUT2D eigenvalue weighted by atomic mass is 10.1. The lowest BCUT2D eigenvalue weighted by Crippen LogP contribution is -2.29. The van der Waals surface area contributed by atoms with Crippen molar-refractivity contribution in [1.29, 1.82) is 0 Å². The maximum Gasteiger partial charge on any atom is 0.251 e. The van der Waals surface area contributed by atoms with Crippen LogP contribution in [0.15, 0.2) is 36.7 Å². The number of benzene rings is 1. The molecule has 0 aliphatic carbocycles. The number of aryl methyl sites for hydroxylation is 1. The molecule has 2 heterocycles. The molecule has 2 aromatic rings. The molecule has 0 bridgehead atoms. The van der Waals surface area contributed by atoms with Gasteiger partial charge in [-0.1, -0.05) is 19.1 Å². The summed E-state index contributed by atoms with van der Waals surface area (Å²) in [5.41, 5.74) is 1.92. The van der Waals surface area contributed by atoms with Gasteiger partial charge >= 0.3 is 0 Å². The summed E-state index contributed by atoms with van der Waals surface area (Å²) < 4.78 is 0. The molecule has 1 aliphatic rings. The van der Waals surface area contributed by atoms with E-state index in [4.69, 9.17) is 0 Å². The Kier molecular flexibility index (Phi) is 5.82. The van der Waals surface area contributed by atoms with E-state index in [1.165, 1.54) is 18.4 Å². The summed E-state index contributed by atoms with van der Waals surface area (Å²) in [6.45, 7) is 5.38.